The summed E-state index contributed by atoms with van der Waals surface area (Å²) >= 11 is 0. The number of likely N-dealkylation sites (N-methyl/N-ethyl adjacent to an activating group) is 1. The summed E-state index contributed by atoms with van der Waals surface area (Å²) in [6, 6.07) is 6.47. The summed E-state index contributed by atoms with van der Waals surface area (Å²) in [7, 11) is 1.62. The highest BCUT2D eigenvalue weighted by atomic mass is 16.4. The highest BCUT2D eigenvalue weighted by Crippen LogP contribution is 2.12. The van der Waals surface area contributed by atoms with Gasteiger partial charge in [0.1, 0.15) is 0 Å². The molecule has 0 spiro atoms. The molecule has 0 radical (unpaired) electrons. The zero-order valence-electron chi connectivity index (χ0n) is 12.0. The number of amides is 3. The van der Waals surface area contributed by atoms with Crippen LogP contribution in [0.3, 0.4) is 0 Å². The van der Waals surface area contributed by atoms with E-state index < -0.39 is 18.0 Å². The Kier molecular flexibility index (Phi) is 6.19. The van der Waals surface area contributed by atoms with E-state index in [1.807, 2.05) is 6.92 Å². The van der Waals surface area contributed by atoms with Crippen molar-refractivity contribution in [2.24, 2.45) is 0 Å². The average Bonchev–Trinajstić information content (AvgIpc) is 2.49. The van der Waals surface area contributed by atoms with E-state index in [2.05, 4.69) is 10.6 Å². The number of urea groups is 1. The number of hydrogen-bond acceptors (Lipinski definition) is 3. The molecule has 7 nitrogen and oxygen atoms in total. The first-order valence-electron chi connectivity index (χ1n) is 6.51. The normalized spacial score (nSPS) is 11.3. The second kappa shape index (κ2) is 7.88. The first-order chi connectivity index (χ1) is 9.95. The lowest BCUT2D eigenvalue weighted by molar-refractivity contribution is -0.139. The lowest BCUT2D eigenvalue weighted by Crippen LogP contribution is -2.45. The summed E-state index contributed by atoms with van der Waals surface area (Å²) in [5.74, 6) is -1.42. The quantitative estimate of drug-likeness (QED) is 0.715. The molecule has 7 heteroatoms. The summed E-state index contributed by atoms with van der Waals surface area (Å²) in [6.45, 7) is 2.16. The number of carboxylic acid groups (broad SMARTS) is 1. The van der Waals surface area contributed by atoms with Crippen molar-refractivity contribution in [3.63, 3.8) is 0 Å². The van der Waals surface area contributed by atoms with Crippen LogP contribution in [-0.4, -0.2) is 48.1 Å². The van der Waals surface area contributed by atoms with Crippen LogP contribution in [0.5, 0.6) is 0 Å². The van der Waals surface area contributed by atoms with Gasteiger partial charge in [0.05, 0.1) is 6.54 Å². The topological polar surface area (TPSA) is 98.7 Å². The van der Waals surface area contributed by atoms with Gasteiger partial charge in [0.25, 0.3) is 0 Å². The molecule has 21 heavy (non-hydrogen) atoms. The monoisotopic (exact) mass is 293 g/mol. The van der Waals surface area contributed by atoms with Crippen LogP contribution < -0.4 is 10.6 Å². The van der Waals surface area contributed by atoms with Crippen LogP contribution in [0.15, 0.2) is 30.3 Å². The molecule has 1 aromatic carbocycles. The summed E-state index contributed by atoms with van der Waals surface area (Å²) in [4.78, 5) is 35.9. The molecular formula is C14H19N3O4. The number of hydrogen-bond donors (Lipinski definition) is 3. The van der Waals surface area contributed by atoms with Gasteiger partial charge >= 0.3 is 12.0 Å². The van der Waals surface area contributed by atoms with E-state index in [0.29, 0.717) is 12.1 Å². The molecule has 0 saturated heterocycles. The van der Waals surface area contributed by atoms with Crippen molar-refractivity contribution in [1.29, 1.82) is 0 Å². The number of nitrogens with zero attached hydrogens (tertiary/aromatic N) is 1. The van der Waals surface area contributed by atoms with Crippen molar-refractivity contribution in [3.05, 3.63) is 35.9 Å². The van der Waals surface area contributed by atoms with Crippen LogP contribution in [-0.2, 0) is 9.59 Å². The van der Waals surface area contributed by atoms with Crippen molar-refractivity contribution < 1.29 is 19.5 Å². The van der Waals surface area contributed by atoms with Crippen LogP contribution in [0.2, 0.25) is 0 Å². The number of benzene rings is 1. The number of carbonyl (C=O) groups is 3. The van der Waals surface area contributed by atoms with Crippen LogP contribution in [0.1, 0.15) is 18.5 Å². The second-order valence-corrected chi connectivity index (χ2v) is 4.42. The number of carboxylic acids is 1. The van der Waals surface area contributed by atoms with Crippen LogP contribution >= 0.6 is 0 Å². The molecule has 3 amide bonds. The van der Waals surface area contributed by atoms with Crippen molar-refractivity contribution in [1.82, 2.24) is 15.5 Å². The van der Waals surface area contributed by atoms with Gasteiger partial charge in [0.2, 0.25) is 5.91 Å². The van der Waals surface area contributed by atoms with E-state index >= 15 is 0 Å². The molecule has 1 rings (SSSR count). The Labute approximate surface area is 122 Å². The van der Waals surface area contributed by atoms with E-state index in [1.165, 1.54) is 4.90 Å². The van der Waals surface area contributed by atoms with Gasteiger partial charge < -0.3 is 20.6 Å². The molecule has 0 aliphatic carbocycles. The Balaban J connectivity index is 2.59. The molecule has 0 aliphatic heterocycles. The molecule has 0 aromatic heterocycles. The van der Waals surface area contributed by atoms with Crippen molar-refractivity contribution in [2.45, 2.75) is 13.0 Å². The summed E-state index contributed by atoms with van der Waals surface area (Å²) in [6.07, 6.45) is 0. The minimum absolute atomic E-state index is 0.183. The van der Waals surface area contributed by atoms with Crippen LogP contribution in [0.4, 0.5) is 4.79 Å². The second-order valence-electron chi connectivity index (χ2n) is 4.42. The van der Waals surface area contributed by atoms with Crippen molar-refractivity contribution >= 4 is 17.9 Å². The minimum Gasteiger partial charge on any atom is -0.479 e. The Hall–Kier alpha value is -2.57. The third kappa shape index (κ3) is 5.13. The lowest BCUT2D eigenvalue weighted by Gasteiger charge is -2.17. The largest absolute Gasteiger partial charge is 0.479 e. The molecule has 1 atom stereocenters. The summed E-state index contributed by atoms with van der Waals surface area (Å²) in [5.41, 5.74) is 0.456. The number of aliphatic carboxylic acids is 1. The molecule has 0 heterocycles. The highest BCUT2D eigenvalue weighted by molar-refractivity contribution is 5.87. The number of rotatable bonds is 6. The predicted molar refractivity (Wildman–Crippen MR) is 76.7 cm³/mol. The molecule has 0 bridgehead atoms. The molecule has 1 aromatic rings. The van der Waals surface area contributed by atoms with Gasteiger partial charge in [-0.3, -0.25) is 4.79 Å². The first-order valence-corrected chi connectivity index (χ1v) is 6.51. The zero-order valence-corrected chi connectivity index (χ0v) is 12.0. The van der Waals surface area contributed by atoms with E-state index in [4.69, 9.17) is 5.11 Å². The minimum atomic E-state index is -1.17. The maximum atomic E-state index is 11.7. The highest BCUT2D eigenvalue weighted by Gasteiger charge is 2.22. The molecular weight excluding hydrogens is 274 g/mol. The fourth-order valence-electron chi connectivity index (χ4n) is 1.58. The summed E-state index contributed by atoms with van der Waals surface area (Å²) < 4.78 is 0. The molecule has 0 fully saturated rings. The Bertz CT molecular complexity index is 504. The third-order valence-corrected chi connectivity index (χ3v) is 2.96. The molecule has 3 N–H and O–H groups in total. The molecule has 114 valence electrons. The van der Waals surface area contributed by atoms with E-state index in [0.717, 1.165) is 0 Å². The van der Waals surface area contributed by atoms with Gasteiger partial charge in [-0.25, -0.2) is 9.59 Å². The van der Waals surface area contributed by atoms with Crippen molar-refractivity contribution in [3.8, 4) is 0 Å². The third-order valence-electron chi connectivity index (χ3n) is 2.96. The number of nitrogens with one attached hydrogen (secondary N) is 2. The lowest BCUT2D eigenvalue weighted by atomic mass is 10.1. The van der Waals surface area contributed by atoms with E-state index in [-0.39, 0.29) is 12.5 Å². The van der Waals surface area contributed by atoms with Gasteiger partial charge in [0, 0.05) is 13.6 Å². The maximum Gasteiger partial charge on any atom is 0.330 e. The fraction of sp³-hybridized carbons (Fsp3) is 0.357. The Morgan fingerprint density at radius 2 is 1.86 bits per heavy atom. The number of carbonyl (C=O) groups excluding carboxylic acids is 2. The van der Waals surface area contributed by atoms with Gasteiger partial charge in [-0.2, -0.15) is 0 Å². The Morgan fingerprint density at radius 1 is 1.24 bits per heavy atom. The van der Waals surface area contributed by atoms with Gasteiger partial charge in [-0.1, -0.05) is 30.3 Å². The fourth-order valence-corrected chi connectivity index (χ4v) is 1.58. The maximum absolute atomic E-state index is 11.7. The van der Waals surface area contributed by atoms with Crippen LogP contribution in [0, 0.1) is 0 Å². The van der Waals surface area contributed by atoms with E-state index in [1.54, 1.807) is 37.4 Å². The van der Waals surface area contributed by atoms with Crippen molar-refractivity contribution in [2.75, 3.05) is 20.1 Å². The standard InChI is InChI=1S/C14H19N3O4/c1-3-17(2)11(18)9-15-14(21)16-12(13(19)20)10-7-5-4-6-8-10/h4-8,12H,3,9H2,1-2H3,(H,19,20)(H2,15,16,21)/t12-/m0/s1. The van der Waals surface area contributed by atoms with Gasteiger partial charge in [-0.15, -0.1) is 0 Å². The molecule has 0 aliphatic rings. The SMILES string of the molecule is CCN(C)C(=O)CNC(=O)N[C@H](C(=O)O)c1ccccc1. The smallest absolute Gasteiger partial charge is 0.330 e. The molecule has 0 unspecified atom stereocenters. The molecule has 0 saturated carbocycles. The van der Waals surface area contributed by atoms with Gasteiger partial charge in [-0.05, 0) is 12.5 Å². The average molecular weight is 293 g/mol. The Morgan fingerprint density at radius 3 is 2.38 bits per heavy atom. The van der Waals surface area contributed by atoms with E-state index in [9.17, 15) is 14.4 Å². The van der Waals surface area contributed by atoms with Crippen LogP contribution in [0.25, 0.3) is 0 Å². The zero-order chi connectivity index (χ0) is 15.8. The predicted octanol–water partition coefficient (Wildman–Crippen LogP) is 0.590. The first kappa shape index (κ1) is 16.5. The van der Waals surface area contributed by atoms with Gasteiger partial charge in [0.15, 0.2) is 6.04 Å². The summed E-state index contributed by atoms with van der Waals surface area (Å²) in [5, 5.41) is 13.8.